The lowest BCUT2D eigenvalue weighted by molar-refractivity contribution is -0.126. The molecule has 1 aliphatic rings. The molecule has 0 aliphatic carbocycles. The van der Waals surface area contributed by atoms with E-state index in [4.69, 9.17) is 9.90 Å². The van der Waals surface area contributed by atoms with Crippen LogP contribution in [0, 0.1) is 20.8 Å². The maximum absolute atomic E-state index is 9.55. The lowest BCUT2D eigenvalue weighted by Gasteiger charge is -2.34. The van der Waals surface area contributed by atoms with E-state index in [0.717, 1.165) is 19.5 Å². The van der Waals surface area contributed by atoms with Gasteiger partial charge in [0.1, 0.15) is 0 Å². The molecule has 0 saturated heterocycles. The summed E-state index contributed by atoms with van der Waals surface area (Å²) in [5.41, 5.74) is 10.3. The van der Waals surface area contributed by atoms with Crippen molar-refractivity contribution < 1.29 is 19.7 Å². The van der Waals surface area contributed by atoms with Crippen molar-refractivity contribution in [3.63, 3.8) is 0 Å². The molecule has 0 radical (unpaired) electrons. The third-order valence-corrected chi connectivity index (χ3v) is 5.98. The highest BCUT2D eigenvalue weighted by molar-refractivity contribution is 6.06. The summed E-state index contributed by atoms with van der Waals surface area (Å²) in [6.45, 7) is 17.3. The highest BCUT2D eigenvalue weighted by atomic mass is 16.5. The molecule has 0 fully saturated rings. The van der Waals surface area contributed by atoms with E-state index in [2.05, 4.69) is 72.2 Å². The second-order valence-corrected chi connectivity index (χ2v) is 9.96. The van der Waals surface area contributed by atoms with Crippen LogP contribution in [0.1, 0.15) is 50.1 Å². The summed E-state index contributed by atoms with van der Waals surface area (Å²) in [6, 6.07) is 11.3. The molecule has 2 aromatic carbocycles. The molecule has 0 bridgehead atoms. The summed E-state index contributed by atoms with van der Waals surface area (Å²) in [4.78, 5) is 11.3. The van der Waals surface area contributed by atoms with Gasteiger partial charge in [-0.3, -0.25) is 4.79 Å². The number of carbonyl (C=O) groups excluding carboxylic acids is 1. The van der Waals surface area contributed by atoms with E-state index in [1.165, 1.54) is 57.2 Å². The third kappa shape index (κ3) is 6.86. The lowest BCUT2D eigenvalue weighted by Crippen LogP contribution is -2.35. The van der Waals surface area contributed by atoms with Crippen LogP contribution in [0.25, 0.3) is 22.0 Å². The lowest BCUT2D eigenvalue weighted by atomic mass is 9.89. The van der Waals surface area contributed by atoms with Crippen LogP contribution >= 0.6 is 0 Å². The highest BCUT2D eigenvalue weighted by Gasteiger charge is 2.27. The summed E-state index contributed by atoms with van der Waals surface area (Å²) in [6.07, 6.45) is 1.01. The molecular formula is C29H42N2O4. The van der Waals surface area contributed by atoms with Gasteiger partial charge < -0.3 is 24.4 Å². The SMILES string of the molecule is CC(C)(C)O.CCc1c(C)c2c3c(cc(C)n3CCN2CCO)c1-c1ccc(C)cc1.COC=O. The summed E-state index contributed by atoms with van der Waals surface area (Å²) in [5, 5.41) is 19.4. The normalized spacial score (nSPS) is 12.5. The van der Waals surface area contributed by atoms with E-state index in [1.54, 1.807) is 20.8 Å². The van der Waals surface area contributed by atoms with Gasteiger partial charge in [0.05, 0.1) is 30.5 Å². The van der Waals surface area contributed by atoms with E-state index in [-0.39, 0.29) is 6.61 Å². The second-order valence-electron chi connectivity index (χ2n) is 9.96. The van der Waals surface area contributed by atoms with Crippen molar-refractivity contribution in [3.05, 3.63) is 52.7 Å². The Labute approximate surface area is 210 Å². The Balaban J connectivity index is 0.000000414. The predicted octanol–water partition coefficient (Wildman–Crippen LogP) is 5.17. The van der Waals surface area contributed by atoms with E-state index >= 15 is 0 Å². The molecule has 2 N–H and O–H groups in total. The number of β-amino-alcohol motifs (C(OH)–C–C–N with tert-alkyl or cyclic N) is 1. The van der Waals surface area contributed by atoms with Crippen LogP contribution in [0.5, 0.6) is 0 Å². The van der Waals surface area contributed by atoms with Gasteiger partial charge in [-0.1, -0.05) is 36.8 Å². The van der Waals surface area contributed by atoms with Crippen molar-refractivity contribution >= 4 is 23.1 Å². The van der Waals surface area contributed by atoms with Crippen LogP contribution in [0.3, 0.4) is 0 Å². The summed E-state index contributed by atoms with van der Waals surface area (Å²) in [7, 11) is 1.31. The zero-order chi connectivity index (χ0) is 26.3. The maximum Gasteiger partial charge on any atom is 0.292 e. The zero-order valence-electron chi connectivity index (χ0n) is 22.6. The van der Waals surface area contributed by atoms with Crippen molar-refractivity contribution in [2.75, 3.05) is 31.7 Å². The number of nitrogens with zero attached hydrogens (tertiary/aromatic N) is 2. The van der Waals surface area contributed by atoms with Crippen molar-refractivity contribution in [2.45, 2.75) is 67.0 Å². The molecule has 2 heterocycles. The number of methoxy groups -OCH3 is 1. The van der Waals surface area contributed by atoms with E-state index in [0.29, 0.717) is 13.0 Å². The number of hydrogen-bond acceptors (Lipinski definition) is 5. The molecule has 1 aliphatic heterocycles. The Bertz CT molecular complexity index is 1120. The number of aromatic nitrogens is 1. The molecule has 0 atom stereocenters. The number of carbonyl (C=O) groups is 1. The number of hydrogen-bond donors (Lipinski definition) is 2. The first-order chi connectivity index (χ1) is 16.5. The number of rotatable bonds is 5. The van der Waals surface area contributed by atoms with Crippen LogP contribution in [0.2, 0.25) is 0 Å². The van der Waals surface area contributed by atoms with Gasteiger partial charge in [-0.15, -0.1) is 0 Å². The fourth-order valence-electron chi connectivity index (χ4n) is 4.64. The molecule has 192 valence electrons. The monoisotopic (exact) mass is 482 g/mol. The van der Waals surface area contributed by atoms with Gasteiger partial charge in [0.25, 0.3) is 6.47 Å². The molecule has 6 nitrogen and oxygen atoms in total. The molecule has 0 spiro atoms. The van der Waals surface area contributed by atoms with Gasteiger partial charge in [0, 0.05) is 30.7 Å². The fraction of sp³-hybridized carbons (Fsp3) is 0.483. The van der Waals surface area contributed by atoms with Crippen molar-refractivity contribution in [3.8, 4) is 11.1 Å². The summed E-state index contributed by atoms with van der Waals surface area (Å²) < 4.78 is 6.32. The van der Waals surface area contributed by atoms with Gasteiger partial charge in [-0.2, -0.15) is 0 Å². The summed E-state index contributed by atoms with van der Waals surface area (Å²) >= 11 is 0. The quantitative estimate of drug-likeness (QED) is 0.491. The fourth-order valence-corrected chi connectivity index (χ4v) is 4.64. The molecule has 6 heteroatoms. The first kappa shape index (κ1) is 28.4. The third-order valence-electron chi connectivity index (χ3n) is 5.98. The van der Waals surface area contributed by atoms with Crippen LogP contribution in [0.4, 0.5) is 5.69 Å². The Hall–Kier alpha value is -2.83. The van der Waals surface area contributed by atoms with Gasteiger partial charge in [0.2, 0.25) is 0 Å². The average molecular weight is 483 g/mol. The number of anilines is 1. The number of aryl methyl sites for hydroxylation is 2. The molecule has 35 heavy (non-hydrogen) atoms. The van der Waals surface area contributed by atoms with Crippen molar-refractivity contribution in [1.29, 1.82) is 0 Å². The van der Waals surface area contributed by atoms with Crippen molar-refractivity contribution in [2.24, 2.45) is 0 Å². The number of aliphatic hydroxyl groups excluding tert-OH is 1. The molecule has 1 aromatic heterocycles. The van der Waals surface area contributed by atoms with Gasteiger partial charge in [0.15, 0.2) is 0 Å². The van der Waals surface area contributed by atoms with Crippen LogP contribution < -0.4 is 4.90 Å². The maximum atomic E-state index is 9.55. The Morgan fingerprint density at radius 3 is 2.14 bits per heavy atom. The number of ether oxygens (including phenoxy) is 1. The Kier molecular flexibility index (Phi) is 9.92. The predicted molar refractivity (Wildman–Crippen MR) is 145 cm³/mol. The molecular weight excluding hydrogens is 440 g/mol. The van der Waals surface area contributed by atoms with Crippen LogP contribution in [0.15, 0.2) is 30.3 Å². The highest BCUT2D eigenvalue weighted by Crippen LogP contribution is 2.44. The minimum absolute atomic E-state index is 0.196. The molecule has 0 amide bonds. The van der Waals surface area contributed by atoms with E-state index < -0.39 is 5.60 Å². The molecule has 0 saturated carbocycles. The minimum Gasteiger partial charge on any atom is -0.471 e. The zero-order valence-corrected chi connectivity index (χ0v) is 22.6. The van der Waals surface area contributed by atoms with Crippen LogP contribution in [-0.2, 0) is 22.5 Å². The Morgan fingerprint density at radius 2 is 1.66 bits per heavy atom. The average Bonchev–Trinajstić information content (AvgIpc) is 3.13. The molecule has 0 unspecified atom stereocenters. The van der Waals surface area contributed by atoms with E-state index in [1.807, 2.05) is 0 Å². The van der Waals surface area contributed by atoms with Crippen LogP contribution in [-0.4, -0.2) is 53.7 Å². The molecule has 3 aromatic rings. The Morgan fingerprint density at radius 1 is 1.09 bits per heavy atom. The molecule has 4 rings (SSSR count). The second kappa shape index (κ2) is 12.2. The summed E-state index contributed by atoms with van der Waals surface area (Å²) in [5.74, 6) is 0. The van der Waals surface area contributed by atoms with Gasteiger partial charge in [-0.25, -0.2) is 0 Å². The minimum atomic E-state index is -0.500. The van der Waals surface area contributed by atoms with Crippen molar-refractivity contribution in [1.82, 2.24) is 4.57 Å². The van der Waals surface area contributed by atoms with Gasteiger partial charge in [-0.05, 0) is 76.3 Å². The standard InChI is InChI=1S/C23H28N2O.C4H10O.C2H4O2/c1-5-19-17(4)22-23-20(21(19)18-8-6-15(2)7-9-18)14-16(3)25(23)11-10-24(22)12-13-26;1-4(2,3)5;1-4-2-3/h6-9,14,26H,5,10-13H2,1-4H3;5H,1-3H3;2H,1H3. The van der Waals surface area contributed by atoms with Gasteiger partial charge >= 0.3 is 0 Å². The smallest absolute Gasteiger partial charge is 0.292 e. The number of aliphatic hydroxyl groups is 2. The number of benzene rings is 2. The topological polar surface area (TPSA) is 74.9 Å². The van der Waals surface area contributed by atoms with E-state index in [9.17, 15) is 5.11 Å². The first-order valence-electron chi connectivity index (χ1n) is 12.2. The first-order valence-corrected chi connectivity index (χ1v) is 12.2. The largest absolute Gasteiger partial charge is 0.471 e.